The minimum absolute atomic E-state index is 0.00632. The highest BCUT2D eigenvalue weighted by Crippen LogP contribution is 2.55. The van der Waals surface area contributed by atoms with Gasteiger partial charge in [0.15, 0.2) is 0 Å². The summed E-state index contributed by atoms with van der Waals surface area (Å²) in [5.41, 5.74) is 1.58. The van der Waals surface area contributed by atoms with Crippen LogP contribution in [0.2, 0.25) is 0 Å². The molecule has 126 valence electrons. The molecule has 5 rings (SSSR count). The van der Waals surface area contributed by atoms with Gasteiger partial charge in [0, 0.05) is 43.0 Å². The van der Waals surface area contributed by atoms with Crippen molar-refractivity contribution < 1.29 is 9.59 Å². The summed E-state index contributed by atoms with van der Waals surface area (Å²) < 4.78 is 0. The highest BCUT2D eigenvalue weighted by atomic mass is 16.2. The molecular formula is C18H22N4O2. The Hall–Kier alpha value is -2.24. The first-order chi connectivity index (χ1) is 11.7. The minimum atomic E-state index is -0.0777. The average molecular weight is 326 g/mol. The highest BCUT2D eigenvalue weighted by Gasteiger charge is 2.57. The summed E-state index contributed by atoms with van der Waals surface area (Å²) in [7, 11) is 0. The van der Waals surface area contributed by atoms with Crippen molar-refractivity contribution in [2.24, 2.45) is 17.8 Å². The predicted octanol–water partition coefficient (Wildman–Crippen LogP) is 2.48. The van der Waals surface area contributed by atoms with Crippen LogP contribution in [-0.2, 0) is 0 Å². The maximum atomic E-state index is 12.6. The molecule has 24 heavy (non-hydrogen) atoms. The zero-order valence-electron chi connectivity index (χ0n) is 13.6. The molecule has 0 spiro atoms. The van der Waals surface area contributed by atoms with Crippen LogP contribution in [0.5, 0.6) is 0 Å². The number of urea groups is 2. The van der Waals surface area contributed by atoms with Crippen LogP contribution in [0, 0.1) is 17.8 Å². The van der Waals surface area contributed by atoms with Crippen LogP contribution in [-0.4, -0.2) is 42.6 Å². The molecular weight excluding hydrogens is 304 g/mol. The van der Waals surface area contributed by atoms with Gasteiger partial charge >= 0.3 is 12.1 Å². The zero-order valence-corrected chi connectivity index (χ0v) is 13.6. The number of amides is 4. The Morgan fingerprint density at radius 2 is 2.12 bits per heavy atom. The lowest BCUT2D eigenvalue weighted by molar-refractivity contribution is 0.0177. The van der Waals surface area contributed by atoms with E-state index in [1.165, 1.54) is 19.3 Å². The van der Waals surface area contributed by atoms with E-state index in [9.17, 15) is 9.59 Å². The van der Waals surface area contributed by atoms with Gasteiger partial charge in [0.1, 0.15) is 0 Å². The molecule has 4 amide bonds. The molecule has 1 aromatic rings. The molecule has 6 nitrogen and oxygen atoms in total. The largest absolute Gasteiger partial charge is 0.336 e. The Morgan fingerprint density at radius 3 is 2.92 bits per heavy atom. The van der Waals surface area contributed by atoms with Gasteiger partial charge in [0.05, 0.1) is 0 Å². The van der Waals surface area contributed by atoms with E-state index >= 15 is 0 Å². The second kappa shape index (κ2) is 5.13. The van der Waals surface area contributed by atoms with Gasteiger partial charge in [0.2, 0.25) is 0 Å². The number of nitrogens with one attached hydrogen (secondary N) is 2. The van der Waals surface area contributed by atoms with Crippen molar-refractivity contribution in [2.45, 2.75) is 25.3 Å². The Balaban J connectivity index is 1.28. The first kappa shape index (κ1) is 14.1. The van der Waals surface area contributed by atoms with E-state index in [1.54, 1.807) is 4.90 Å². The number of likely N-dealkylation sites (tertiary alicyclic amines) is 1. The third-order valence-electron chi connectivity index (χ3n) is 6.34. The maximum Gasteiger partial charge on any atom is 0.322 e. The quantitative estimate of drug-likeness (QED) is 0.877. The van der Waals surface area contributed by atoms with Crippen molar-refractivity contribution in [2.75, 3.05) is 29.9 Å². The summed E-state index contributed by atoms with van der Waals surface area (Å²) in [6, 6.07) is 7.94. The lowest BCUT2D eigenvalue weighted by Gasteiger charge is -2.50. The number of fused-ring (bicyclic) bond motifs is 5. The van der Waals surface area contributed by atoms with Crippen LogP contribution in [0.25, 0.3) is 0 Å². The molecule has 6 heteroatoms. The number of rotatable bonds is 2. The molecule has 4 atom stereocenters. The lowest BCUT2D eigenvalue weighted by atomic mass is 9.77. The molecule has 2 aliphatic heterocycles. The molecule has 0 unspecified atom stereocenters. The van der Waals surface area contributed by atoms with E-state index in [0.717, 1.165) is 35.7 Å². The predicted molar refractivity (Wildman–Crippen MR) is 91.0 cm³/mol. The van der Waals surface area contributed by atoms with E-state index in [4.69, 9.17) is 0 Å². The van der Waals surface area contributed by atoms with Gasteiger partial charge in [-0.25, -0.2) is 9.59 Å². The summed E-state index contributed by atoms with van der Waals surface area (Å²) in [5, 5.41) is 5.82. The smallest absolute Gasteiger partial charge is 0.322 e. The number of benzene rings is 1. The van der Waals surface area contributed by atoms with E-state index in [0.29, 0.717) is 19.1 Å². The van der Waals surface area contributed by atoms with Crippen LogP contribution in [0.1, 0.15) is 19.3 Å². The van der Waals surface area contributed by atoms with Gasteiger partial charge in [-0.3, -0.25) is 4.90 Å². The first-order valence-corrected chi connectivity index (χ1v) is 8.94. The molecule has 2 heterocycles. The van der Waals surface area contributed by atoms with Crippen molar-refractivity contribution in [1.29, 1.82) is 0 Å². The fraction of sp³-hybridized carbons (Fsp3) is 0.556. The summed E-state index contributed by atoms with van der Waals surface area (Å²) in [6.07, 6.45) is 3.97. The van der Waals surface area contributed by atoms with Gasteiger partial charge < -0.3 is 15.5 Å². The van der Waals surface area contributed by atoms with Gasteiger partial charge in [0.25, 0.3) is 0 Å². The zero-order chi connectivity index (χ0) is 16.3. The number of hydrogen-bond acceptors (Lipinski definition) is 2. The number of nitrogens with zero attached hydrogens (tertiary/aromatic N) is 2. The molecule has 2 saturated carbocycles. The number of carbonyl (C=O) groups is 2. The molecule has 4 fully saturated rings. The number of anilines is 2. The van der Waals surface area contributed by atoms with Crippen LogP contribution in [0.15, 0.2) is 24.3 Å². The molecule has 0 aromatic heterocycles. The molecule has 2 aliphatic carbocycles. The Labute approximate surface area is 141 Å². The molecule has 4 aliphatic rings. The highest BCUT2D eigenvalue weighted by molar-refractivity contribution is 5.96. The van der Waals surface area contributed by atoms with Crippen molar-refractivity contribution in [3.8, 4) is 0 Å². The molecule has 2 N–H and O–H groups in total. The fourth-order valence-corrected chi connectivity index (χ4v) is 5.22. The SMILES string of the molecule is O=C1NCCN1c1cccc(NC(=O)N2C[C@H]3[C@H]4CC[C@@H](C4)[C@@H]32)c1. The summed E-state index contributed by atoms with van der Waals surface area (Å²) in [5.74, 6) is 2.33. The van der Waals surface area contributed by atoms with Crippen LogP contribution >= 0.6 is 0 Å². The van der Waals surface area contributed by atoms with Crippen LogP contribution in [0.3, 0.4) is 0 Å². The van der Waals surface area contributed by atoms with Gasteiger partial charge in [-0.05, 0) is 49.3 Å². The van der Waals surface area contributed by atoms with Gasteiger partial charge in [-0.1, -0.05) is 6.07 Å². The Morgan fingerprint density at radius 1 is 1.25 bits per heavy atom. The monoisotopic (exact) mass is 326 g/mol. The summed E-state index contributed by atoms with van der Waals surface area (Å²) in [4.78, 5) is 28.1. The van der Waals surface area contributed by atoms with Crippen molar-refractivity contribution in [3.05, 3.63) is 24.3 Å². The summed E-state index contributed by atoms with van der Waals surface area (Å²) >= 11 is 0. The standard InChI is InChI=1S/C18H22N4O2/c23-17-19-6-7-21(17)14-3-1-2-13(9-14)20-18(24)22-10-15-11-4-5-12(8-11)16(15)22/h1-3,9,11-12,15-16H,4-8,10H2,(H,19,23)(H,20,24)/t11-,12-,15-,16-/m0/s1. The second-order valence-electron chi connectivity index (χ2n) is 7.50. The second-order valence-corrected chi connectivity index (χ2v) is 7.50. The van der Waals surface area contributed by atoms with E-state index in [-0.39, 0.29) is 12.1 Å². The fourth-order valence-electron chi connectivity index (χ4n) is 5.22. The normalized spacial score (nSPS) is 33.2. The lowest BCUT2D eigenvalue weighted by Crippen LogP contribution is -2.61. The Bertz CT molecular complexity index is 704. The van der Waals surface area contributed by atoms with Crippen molar-refractivity contribution in [3.63, 3.8) is 0 Å². The maximum absolute atomic E-state index is 12.6. The number of hydrogen-bond donors (Lipinski definition) is 2. The molecule has 2 saturated heterocycles. The Kier molecular flexibility index (Phi) is 3.02. The first-order valence-electron chi connectivity index (χ1n) is 8.94. The van der Waals surface area contributed by atoms with Crippen molar-refractivity contribution in [1.82, 2.24) is 10.2 Å². The van der Waals surface area contributed by atoms with E-state index < -0.39 is 0 Å². The van der Waals surface area contributed by atoms with E-state index in [2.05, 4.69) is 10.6 Å². The van der Waals surface area contributed by atoms with Crippen LogP contribution in [0.4, 0.5) is 21.0 Å². The minimum Gasteiger partial charge on any atom is -0.336 e. The number of carbonyl (C=O) groups excluding carboxylic acids is 2. The topological polar surface area (TPSA) is 64.7 Å². The molecule has 0 radical (unpaired) electrons. The average Bonchev–Trinajstić information content (AvgIpc) is 3.21. The van der Waals surface area contributed by atoms with E-state index in [1.807, 2.05) is 29.2 Å². The third kappa shape index (κ3) is 2.01. The molecule has 1 aromatic carbocycles. The summed E-state index contributed by atoms with van der Waals surface area (Å²) in [6.45, 7) is 2.23. The molecule has 2 bridgehead atoms. The third-order valence-corrected chi connectivity index (χ3v) is 6.34. The van der Waals surface area contributed by atoms with Gasteiger partial charge in [-0.2, -0.15) is 0 Å². The van der Waals surface area contributed by atoms with Crippen molar-refractivity contribution >= 4 is 23.4 Å². The van der Waals surface area contributed by atoms with Crippen LogP contribution < -0.4 is 15.5 Å². The van der Waals surface area contributed by atoms with Gasteiger partial charge in [-0.15, -0.1) is 0 Å².